The zero-order valence-electron chi connectivity index (χ0n) is 9.90. The van der Waals surface area contributed by atoms with Crippen molar-refractivity contribution in [3.05, 3.63) is 55.8 Å². The van der Waals surface area contributed by atoms with Gasteiger partial charge in [0, 0.05) is 35.1 Å². The molecule has 3 aromatic rings. The van der Waals surface area contributed by atoms with E-state index in [4.69, 9.17) is 16.0 Å². The van der Waals surface area contributed by atoms with Crippen LogP contribution in [0.2, 0.25) is 5.22 Å². The van der Waals surface area contributed by atoms with Crippen LogP contribution in [0.4, 0.5) is 0 Å². The zero-order valence-corrected chi connectivity index (χ0v) is 11.5. The fourth-order valence-corrected chi connectivity index (χ4v) is 2.79. The van der Waals surface area contributed by atoms with Crippen LogP contribution in [0.5, 0.6) is 0 Å². The van der Waals surface area contributed by atoms with Crippen molar-refractivity contribution in [3.63, 3.8) is 0 Å². The Morgan fingerprint density at radius 2 is 2.16 bits per heavy atom. The molecule has 0 unspecified atom stereocenters. The highest BCUT2D eigenvalue weighted by Gasteiger charge is 2.11. The number of hydrogen-bond donors (Lipinski definition) is 2. The van der Waals surface area contributed by atoms with E-state index < -0.39 is 0 Å². The Balaban J connectivity index is 1.75. The fourth-order valence-electron chi connectivity index (χ4n) is 1.96. The second-order valence-electron chi connectivity index (χ2n) is 4.13. The first-order valence-electron chi connectivity index (χ1n) is 5.77. The monoisotopic (exact) mass is 294 g/mol. The van der Waals surface area contributed by atoms with Crippen molar-refractivity contribution in [2.45, 2.75) is 13.1 Å². The molecule has 0 radical (unpaired) electrons. The van der Waals surface area contributed by atoms with Crippen molar-refractivity contribution >= 4 is 33.9 Å². The van der Waals surface area contributed by atoms with E-state index in [1.54, 1.807) is 0 Å². The predicted octanol–water partition coefficient (Wildman–Crippen LogP) is 3.13. The summed E-state index contributed by atoms with van der Waals surface area (Å²) in [5.41, 5.74) is 2.60. The minimum atomic E-state index is -0.0383. The predicted molar refractivity (Wildman–Crippen MR) is 76.7 cm³/mol. The number of hydrogen-bond acceptors (Lipinski definition) is 4. The summed E-state index contributed by atoms with van der Waals surface area (Å²) in [6, 6.07) is 7.73. The molecule has 19 heavy (non-hydrogen) atoms. The minimum Gasteiger partial charge on any atom is -0.444 e. The maximum absolute atomic E-state index is 11.0. The van der Waals surface area contributed by atoms with Crippen LogP contribution in [-0.4, -0.2) is 4.98 Å². The van der Waals surface area contributed by atoms with Crippen molar-refractivity contribution in [2.75, 3.05) is 0 Å². The van der Waals surface area contributed by atoms with Crippen molar-refractivity contribution in [2.24, 2.45) is 0 Å². The number of aromatic nitrogens is 1. The number of nitrogens with one attached hydrogen (secondary N) is 2. The third kappa shape index (κ3) is 2.58. The standard InChI is InChI=1S/C13H11ClN2O2S/c14-12-10(9-3-1-2-4-11(9)18-12)6-15-5-8-7-19-13(17)16-8/h1-4,7,15H,5-6H2,(H,16,17). The smallest absolute Gasteiger partial charge is 0.304 e. The molecule has 0 saturated carbocycles. The van der Waals surface area contributed by atoms with Crippen LogP contribution in [-0.2, 0) is 13.1 Å². The molecule has 2 N–H and O–H groups in total. The molecule has 6 heteroatoms. The summed E-state index contributed by atoms with van der Waals surface area (Å²) in [6.45, 7) is 1.18. The Bertz CT molecular complexity index is 759. The average molecular weight is 295 g/mol. The molecule has 0 aliphatic rings. The summed E-state index contributed by atoms with van der Waals surface area (Å²) in [5.74, 6) is 0. The molecule has 0 spiro atoms. The Hall–Kier alpha value is -1.56. The van der Waals surface area contributed by atoms with Gasteiger partial charge in [-0.05, 0) is 17.7 Å². The number of aromatic amines is 1. The van der Waals surface area contributed by atoms with Crippen LogP contribution >= 0.6 is 22.9 Å². The number of benzene rings is 1. The van der Waals surface area contributed by atoms with Crippen LogP contribution in [0.3, 0.4) is 0 Å². The van der Waals surface area contributed by atoms with Gasteiger partial charge in [0.05, 0.1) is 0 Å². The highest BCUT2D eigenvalue weighted by molar-refractivity contribution is 7.07. The van der Waals surface area contributed by atoms with E-state index in [-0.39, 0.29) is 4.87 Å². The van der Waals surface area contributed by atoms with Crippen molar-refractivity contribution in [3.8, 4) is 0 Å². The summed E-state index contributed by atoms with van der Waals surface area (Å²) < 4.78 is 5.48. The molecule has 0 fully saturated rings. The maximum Gasteiger partial charge on any atom is 0.304 e. The molecule has 0 saturated heterocycles. The van der Waals surface area contributed by atoms with Crippen LogP contribution in [0, 0.1) is 0 Å². The maximum atomic E-state index is 11.0. The molecule has 1 aromatic carbocycles. The number of fused-ring (bicyclic) bond motifs is 1. The topological polar surface area (TPSA) is 58.0 Å². The molecular weight excluding hydrogens is 284 g/mol. The summed E-state index contributed by atoms with van der Waals surface area (Å²) >= 11 is 7.25. The summed E-state index contributed by atoms with van der Waals surface area (Å²) in [7, 11) is 0. The van der Waals surface area contributed by atoms with E-state index in [1.165, 1.54) is 0 Å². The average Bonchev–Trinajstić information content (AvgIpc) is 2.94. The highest BCUT2D eigenvalue weighted by Crippen LogP contribution is 2.29. The number of halogens is 1. The van der Waals surface area contributed by atoms with Gasteiger partial charge in [0.15, 0.2) is 5.22 Å². The lowest BCUT2D eigenvalue weighted by Gasteiger charge is -2.01. The van der Waals surface area contributed by atoms with Crippen molar-refractivity contribution < 1.29 is 4.42 Å². The molecule has 4 nitrogen and oxygen atoms in total. The van der Waals surface area contributed by atoms with Gasteiger partial charge in [-0.2, -0.15) is 0 Å². The number of rotatable bonds is 4. The van der Waals surface area contributed by atoms with Gasteiger partial charge in [-0.15, -0.1) is 0 Å². The van der Waals surface area contributed by atoms with Crippen molar-refractivity contribution in [1.82, 2.24) is 10.3 Å². The Labute approximate surface area is 118 Å². The lowest BCUT2D eigenvalue weighted by molar-refractivity contribution is 0.603. The summed E-state index contributed by atoms with van der Waals surface area (Å²) in [4.78, 5) is 13.7. The van der Waals surface area contributed by atoms with E-state index in [0.29, 0.717) is 18.3 Å². The molecule has 0 atom stereocenters. The van der Waals surface area contributed by atoms with Gasteiger partial charge in [0.25, 0.3) is 0 Å². The number of furan rings is 1. The van der Waals surface area contributed by atoms with Crippen LogP contribution < -0.4 is 10.2 Å². The molecule has 2 heterocycles. The Kier molecular flexibility index (Phi) is 3.42. The van der Waals surface area contributed by atoms with Gasteiger partial charge in [0.2, 0.25) is 0 Å². The van der Waals surface area contributed by atoms with Gasteiger partial charge in [-0.25, -0.2) is 0 Å². The first-order chi connectivity index (χ1) is 9.24. The van der Waals surface area contributed by atoms with Gasteiger partial charge in [-0.3, -0.25) is 4.79 Å². The molecule has 0 aliphatic heterocycles. The SMILES string of the molecule is O=c1[nH]c(CNCc2c(Cl)oc3ccccc23)cs1. The van der Waals surface area contributed by atoms with Gasteiger partial charge in [0.1, 0.15) is 5.58 Å². The van der Waals surface area contributed by atoms with Crippen LogP contribution in [0.25, 0.3) is 11.0 Å². The molecule has 0 bridgehead atoms. The van der Waals surface area contributed by atoms with E-state index in [0.717, 1.165) is 33.6 Å². The highest BCUT2D eigenvalue weighted by atomic mass is 35.5. The van der Waals surface area contributed by atoms with E-state index >= 15 is 0 Å². The van der Waals surface area contributed by atoms with Gasteiger partial charge >= 0.3 is 4.87 Å². The third-order valence-corrected chi connectivity index (χ3v) is 3.86. The molecule has 0 amide bonds. The minimum absolute atomic E-state index is 0.0383. The van der Waals surface area contributed by atoms with Crippen LogP contribution in [0.1, 0.15) is 11.3 Å². The number of H-pyrrole nitrogens is 1. The summed E-state index contributed by atoms with van der Waals surface area (Å²) in [6.07, 6.45) is 0. The number of para-hydroxylation sites is 1. The van der Waals surface area contributed by atoms with E-state index in [1.807, 2.05) is 29.6 Å². The third-order valence-electron chi connectivity index (χ3n) is 2.84. The molecule has 0 aliphatic carbocycles. The largest absolute Gasteiger partial charge is 0.444 e. The lowest BCUT2D eigenvalue weighted by Crippen LogP contribution is -2.13. The van der Waals surface area contributed by atoms with Gasteiger partial charge < -0.3 is 14.7 Å². The van der Waals surface area contributed by atoms with Gasteiger partial charge in [-0.1, -0.05) is 29.5 Å². The molecule has 3 rings (SSSR count). The first kappa shape index (κ1) is 12.5. The quantitative estimate of drug-likeness (QED) is 0.777. The van der Waals surface area contributed by atoms with Crippen molar-refractivity contribution in [1.29, 1.82) is 0 Å². The normalized spacial score (nSPS) is 11.2. The van der Waals surface area contributed by atoms with E-state index in [2.05, 4.69) is 10.3 Å². The van der Waals surface area contributed by atoms with Crippen LogP contribution in [0.15, 0.2) is 38.9 Å². The lowest BCUT2D eigenvalue weighted by atomic mass is 10.2. The zero-order chi connectivity index (χ0) is 13.2. The second-order valence-corrected chi connectivity index (χ2v) is 5.31. The fraction of sp³-hybridized carbons (Fsp3) is 0.154. The Morgan fingerprint density at radius 1 is 1.32 bits per heavy atom. The summed E-state index contributed by atoms with van der Waals surface area (Å²) in [5, 5.41) is 6.47. The number of thiazole rings is 1. The van der Waals surface area contributed by atoms with E-state index in [9.17, 15) is 4.79 Å². The Morgan fingerprint density at radius 3 is 2.95 bits per heavy atom. The molecule has 98 valence electrons. The molecular formula is C13H11ClN2O2S. The molecule has 2 aromatic heterocycles. The second kappa shape index (κ2) is 5.21. The first-order valence-corrected chi connectivity index (χ1v) is 7.03.